The summed E-state index contributed by atoms with van der Waals surface area (Å²) in [6.07, 6.45) is 0. The van der Waals surface area contributed by atoms with Crippen LogP contribution in [0.25, 0.3) is 121 Å². The molecular weight excluding hydrogens is 931 g/mol. The van der Waals surface area contributed by atoms with Gasteiger partial charge in [0.05, 0.1) is 5.41 Å². The average molecular weight is 974 g/mol. The normalized spacial score (nSPS) is 12.6. The minimum atomic E-state index is -0.461. The van der Waals surface area contributed by atoms with E-state index in [9.17, 15) is 0 Å². The summed E-state index contributed by atoms with van der Waals surface area (Å²) in [5.74, 6) is 1.81. The fourth-order valence-electron chi connectivity index (χ4n) is 11.8. The van der Waals surface area contributed by atoms with Gasteiger partial charge in [-0.3, -0.25) is 0 Å². The minimum Gasteiger partial charge on any atom is -0.456 e. The highest BCUT2D eigenvalue weighted by Gasteiger charge is 2.46. The van der Waals surface area contributed by atoms with Crippen LogP contribution in [-0.2, 0) is 5.41 Å². The van der Waals surface area contributed by atoms with Crippen molar-refractivity contribution >= 4 is 53.4 Å². The van der Waals surface area contributed by atoms with Crippen LogP contribution < -0.4 is 0 Å². The summed E-state index contributed by atoms with van der Waals surface area (Å²) in [7, 11) is 0. The Labute approximate surface area is 437 Å². The molecule has 15 rings (SSSR count). The van der Waals surface area contributed by atoms with Gasteiger partial charge in [-0.05, 0) is 109 Å². The predicted molar refractivity (Wildman–Crippen MR) is 310 cm³/mol. The average Bonchev–Trinajstić information content (AvgIpc) is 4.20. The van der Waals surface area contributed by atoms with Crippen molar-refractivity contribution in [3.05, 3.63) is 283 Å². The van der Waals surface area contributed by atoms with E-state index in [0.717, 1.165) is 71.8 Å². The molecule has 0 atom stereocenters. The van der Waals surface area contributed by atoms with Gasteiger partial charge in [0.25, 0.3) is 0 Å². The molecule has 14 aromatic rings. The maximum absolute atomic E-state index is 6.64. The quantitative estimate of drug-likeness (QED) is 0.152. The summed E-state index contributed by atoms with van der Waals surface area (Å²) >= 11 is 1.79. The summed E-state index contributed by atoms with van der Waals surface area (Å²) in [5.41, 5.74) is 18.3. The fourth-order valence-corrected chi connectivity index (χ4v) is 13.0. The molecule has 0 amide bonds. The monoisotopic (exact) mass is 973 g/mol. The lowest BCUT2D eigenvalue weighted by Crippen LogP contribution is -2.28. The van der Waals surface area contributed by atoms with E-state index in [-0.39, 0.29) is 0 Å². The van der Waals surface area contributed by atoms with Crippen molar-refractivity contribution in [2.75, 3.05) is 0 Å². The van der Waals surface area contributed by atoms with Crippen LogP contribution in [0.3, 0.4) is 0 Å². The number of benzene rings is 11. The maximum atomic E-state index is 6.64. The van der Waals surface area contributed by atoms with E-state index in [0.29, 0.717) is 17.5 Å². The lowest BCUT2D eigenvalue weighted by molar-refractivity contribution is 0.669. The molecule has 11 aromatic carbocycles. The first kappa shape index (κ1) is 43.1. The largest absolute Gasteiger partial charge is 0.456 e. The molecule has 0 spiro atoms. The third kappa shape index (κ3) is 6.93. The second kappa shape index (κ2) is 17.3. The maximum Gasteiger partial charge on any atom is 0.164 e. The zero-order valence-corrected chi connectivity index (χ0v) is 41.3. The Morgan fingerprint density at radius 3 is 1.56 bits per heavy atom. The van der Waals surface area contributed by atoms with Gasteiger partial charge in [0.2, 0.25) is 0 Å². The van der Waals surface area contributed by atoms with E-state index in [2.05, 4.69) is 243 Å². The number of rotatable bonds is 8. The van der Waals surface area contributed by atoms with Gasteiger partial charge in [-0.25, -0.2) is 15.0 Å². The van der Waals surface area contributed by atoms with E-state index in [1.165, 1.54) is 53.7 Å². The molecule has 0 bridgehead atoms. The van der Waals surface area contributed by atoms with Crippen molar-refractivity contribution in [1.82, 2.24) is 15.0 Å². The lowest BCUT2D eigenvalue weighted by atomic mass is 9.67. The lowest BCUT2D eigenvalue weighted by Gasteiger charge is -2.34. The van der Waals surface area contributed by atoms with E-state index in [4.69, 9.17) is 19.4 Å². The molecule has 4 nitrogen and oxygen atoms in total. The molecule has 1 aliphatic rings. The number of hydrogen-bond donors (Lipinski definition) is 0. The van der Waals surface area contributed by atoms with Gasteiger partial charge in [0.15, 0.2) is 17.5 Å². The topological polar surface area (TPSA) is 51.8 Å². The molecule has 75 heavy (non-hydrogen) atoms. The molecule has 0 unspecified atom stereocenters. The summed E-state index contributed by atoms with van der Waals surface area (Å²) in [6.45, 7) is 0. The van der Waals surface area contributed by atoms with Gasteiger partial charge in [0.1, 0.15) is 11.2 Å². The zero-order valence-electron chi connectivity index (χ0n) is 40.5. The molecule has 0 radical (unpaired) electrons. The smallest absolute Gasteiger partial charge is 0.164 e. The van der Waals surface area contributed by atoms with E-state index >= 15 is 0 Å². The first-order chi connectivity index (χ1) is 37.2. The van der Waals surface area contributed by atoms with Crippen LogP contribution in [0.2, 0.25) is 0 Å². The summed E-state index contributed by atoms with van der Waals surface area (Å²) in [4.78, 5) is 16.0. The Hall–Kier alpha value is -9.55. The number of thiophene rings is 1. The highest BCUT2D eigenvalue weighted by molar-refractivity contribution is 7.25. The Bertz CT molecular complexity index is 4480. The molecule has 0 N–H and O–H groups in total. The molecule has 0 saturated heterocycles. The predicted octanol–water partition coefficient (Wildman–Crippen LogP) is 18.5. The third-order valence-corrected chi connectivity index (χ3v) is 16.4. The van der Waals surface area contributed by atoms with Gasteiger partial charge in [-0.2, -0.15) is 0 Å². The van der Waals surface area contributed by atoms with Gasteiger partial charge in [-0.1, -0.05) is 218 Å². The van der Waals surface area contributed by atoms with Gasteiger partial charge >= 0.3 is 0 Å². The van der Waals surface area contributed by atoms with E-state index < -0.39 is 5.41 Å². The highest BCUT2D eigenvalue weighted by Crippen LogP contribution is 2.57. The van der Waals surface area contributed by atoms with Gasteiger partial charge < -0.3 is 4.42 Å². The Morgan fingerprint density at radius 1 is 0.293 bits per heavy atom. The Kier molecular flexibility index (Phi) is 9.94. The number of nitrogens with zero attached hydrogens (tertiary/aromatic N) is 3. The van der Waals surface area contributed by atoms with Crippen molar-refractivity contribution in [2.45, 2.75) is 5.41 Å². The summed E-state index contributed by atoms with van der Waals surface area (Å²) < 4.78 is 9.07. The molecule has 5 heteroatoms. The molecule has 1 aliphatic carbocycles. The summed E-state index contributed by atoms with van der Waals surface area (Å²) in [5, 5.41) is 4.30. The second-order valence-electron chi connectivity index (χ2n) is 19.4. The van der Waals surface area contributed by atoms with Crippen LogP contribution in [0, 0.1) is 0 Å². The van der Waals surface area contributed by atoms with Gasteiger partial charge in [0, 0.05) is 47.6 Å². The van der Waals surface area contributed by atoms with Crippen LogP contribution in [0.5, 0.6) is 0 Å². The molecule has 350 valence electrons. The second-order valence-corrected chi connectivity index (χ2v) is 20.5. The van der Waals surface area contributed by atoms with Crippen molar-refractivity contribution < 1.29 is 4.42 Å². The molecule has 0 saturated carbocycles. The minimum absolute atomic E-state index is 0.461. The number of fused-ring (bicyclic) bond motifs is 9. The van der Waals surface area contributed by atoms with Gasteiger partial charge in [-0.15, -0.1) is 11.3 Å². The highest BCUT2D eigenvalue weighted by atomic mass is 32.1. The van der Waals surface area contributed by atoms with Crippen LogP contribution in [0.1, 0.15) is 22.3 Å². The number of aromatic nitrogens is 3. The van der Waals surface area contributed by atoms with Crippen molar-refractivity contribution in [3.63, 3.8) is 0 Å². The van der Waals surface area contributed by atoms with E-state index in [1.807, 2.05) is 18.2 Å². The first-order valence-corrected chi connectivity index (χ1v) is 26.2. The Balaban J connectivity index is 0.850. The number of furan rings is 1. The molecular formula is C70H43N3OS. The van der Waals surface area contributed by atoms with Crippen LogP contribution in [-0.4, -0.2) is 15.0 Å². The number of hydrogen-bond acceptors (Lipinski definition) is 5. The van der Waals surface area contributed by atoms with Crippen LogP contribution >= 0.6 is 11.3 Å². The van der Waals surface area contributed by atoms with E-state index in [1.54, 1.807) is 11.3 Å². The first-order valence-electron chi connectivity index (χ1n) is 25.4. The van der Waals surface area contributed by atoms with Crippen molar-refractivity contribution in [1.29, 1.82) is 0 Å². The van der Waals surface area contributed by atoms with Crippen molar-refractivity contribution in [3.8, 4) is 78.7 Å². The molecule has 0 aliphatic heterocycles. The molecule has 3 heterocycles. The third-order valence-electron chi connectivity index (χ3n) is 15.3. The SMILES string of the molecule is c1ccc(-c2cccc(-c3nc(-c4cccc5oc6ccc(-c7ccc(-c8ccc9c(c8)C(c8ccccc8)(c8ccccc8)c8ccccc8-9)cc7)cc6c45)nc(-c4cccc5sc6ccccc6c45)n3)c2)cc1. The van der Waals surface area contributed by atoms with Crippen LogP contribution in [0.15, 0.2) is 265 Å². The molecule has 3 aromatic heterocycles. The molecule has 0 fully saturated rings. The van der Waals surface area contributed by atoms with Crippen molar-refractivity contribution in [2.24, 2.45) is 0 Å². The standard InChI is InChI=1S/C70H43N3OS/c1-4-17-44(18-5-1)47-19-14-20-50(41-47)67-71-68(73-69(72-67)57-28-16-32-64-66(57)55-26-11-13-31-63(55)75-64)56-27-15-30-62-65(56)58-42-48(38-40-61(58)74-62)45-33-35-46(36-34-45)49-37-39-54-53-25-10-12-29-59(53)70(60(54)43-49,51-21-6-2-7-22-51)52-23-8-3-9-24-52/h1-43H. The Morgan fingerprint density at radius 2 is 0.800 bits per heavy atom. The zero-order chi connectivity index (χ0) is 49.5. The fraction of sp³-hybridized carbons (Fsp3) is 0.0143. The summed E-state index contributed by atoms with van der Waals surface area (Å²) in [6, 6.07) is 93.6. The van der Waals surface area contributed by atoms with Crippen LogP contribution in [0.4, 0.5) is 0 Å².